The molecule has 64 valence electrons. The maximum atomic E-state index is 10.7. The van der Waals surface area contributed by atoms with Crippen molar-refractivity contribution in [1.29, 1.82) is 0 Å². The zero-order chi connectivity index (χ0) is 8.48. The van der Waals surface area contributed by atoms with Crippen molar-refractivity contribution in [3.63, 3.8) is 0 Å². The Kier molecular flexibility index (Phi) is 2.34. The molecular formula is C5H10N2O2S2. The van der Waals surface area contributed by atoms with E-state index in [4.69, 9.17) is 12.2 Å². The number of hydrogen-bond donors (Lipinski definition) is 2. The molecule has 0 unspecified atom stereocenters. The standard InChI is InChI=1S/C5H10N2O2S2/c1-6-5(10)7-4-2-11(8,9)3-4/h4H,2-3H2,1H3,(H2,6,7,10). The van der Waals surface area contributed by atoms with E-state index in [2.05, 4.69) is 10.6 Å². The lowest BCUT2D eigenvalue weighted by atomic mass is 10.4. The summed E-state index contributed by atoms with van der Waals surface area (Å²) < 4.78 is 21.3. The Morgan fingerprint density at radius 1 is 1.55 bits per heavy atom. The second-order valence-electron chi connectivity index (χ2n) is 2.50. The minimum atomic E-state index is -2.73. The molecule has 0 bridgehead atoms. The van der Waals surface area contributed by atoms with E-state index in [0.29, 0.717) is 5.11 Å². The highest BCUT2D eigenvalue weighted by molar-refractivity contribution is 7.92. The Bertz CT molecular complexity index is 248. The third-order valence-electron chi connectivity index (χ3n) is 1.47. The summed E-state index contributed by atoms with van der Waals surface area (Å²) in [6, 6.07) is 0.0138. The molecule has 0 radical (unpaired) electrons. The minimum Gasteiger partial charge on any atom is -0.366 e. The third-order valence-corrected chi connectivity index (χ3v) is 3.61. The molecule has 1 heterocycles. The fourth-order valence-electron chi connectivity index (χ4n) is 0.905. The SMILES string of the molecule is CNC(=S)NC1CS(=O)(=O)C1. The van der Waals surface area contributed by atoms with Gasteiger partial charge in [-0.1, -0.05) is 0 Å². The van der Waals surface area contributed by atoms with E-state index in [1.165, 1.54) is 0 Å². The second kappa shape index (κ2) is 2.94. The van der Waals surface area contributed by atoms with Crippen LogP contribution in [-0.4, -0.2) is 38.1 Å². The van der Waals surface area contributed by atoms with E-state index in [9.17, 15) is 8.42 Å². The maximum Gasteiger partial charge on any atom is 0.166 e. The van der Waals surface area contributed by atoms with Gasteiger partial charge >= 0.3 is 0 Å². The predicted molar refractivity (Wildman–Crippen MR) is 47.2 cm³/mol. The van der Waals surface area contributed by atoms with Crippen molar-refractivity contribution in [3.05, 3.63) is 0 Å². The number of sulfone groups is 1. The Balaban J connectivity index is 2.29. The largest absolute Gasteiger partial charge is 0.366 e. The van der Waals surface area contributed by atoms with Crippen LogP contribution in [0.5, 0.6) is 0 Å². The Morgan fingerprint density at radius 3 is 2.45 bits per heavy atom. The van der Waals surface area contributed by atoms with E-state index in [1.54, 1.807) is 7.05 Å². The molecule has 0 spiro atoms. The highest BCUT2D eigenvalue weighted by Gasteiger charge is 2.33. The topological polar surface area (TPSA) is 58.2 Å². The van der Waals surface area contributed by atoms with Crippen LogP contribution in [0.4, 0.5) is 0 Å². The zero-order valence-corrected chi connectivity index (χ0v) is 7.76. The summed E-state index contributed by atoms with van der Waals surface area (Å²) in [4.78, 5) is 0. The van der Waals surface area contributed by atoms with Gasteiger partial charge < -0.3 is 10.6 Å². The van der Waals surface area contributed by atoms with E-state index < -0.39 is 9.84 Å². The molecule has 6 heteroatoms. The van der Waals surface area contributed by atoms with Crippen molar-refractivity contribution < 1.29 is 8.42 Å². The molecule has 0 aromatic heterocycles. The van der Waals surface area contributed by atoms with E-state index in [1.807, 2.05) is 0 Å². The molecular weight excluding hydrogens is 184 g/mol. The highest BCUT2D eigenvalue weighted by atomic mass is 32.2. The molecule has 0 aliphatic carbocycles. The Hall–Kier alpha value is -0.360. The summed E-state index contributed by atoms with van der Waals surface area (Å²) in [5.74, 6) is 0.406. The first kappa shape index (κ1) is 8.73. The number of thiocarbonyl (C=S) groups is 1. The molecule has 4 nitrogen and oxygen atoms in total. The van der Waals surface area contributed by atoms with Crippen LogP contribution in [0.2, 0.25) is 0 Å². The van der Waals surface area contributed by atoms with Crippen LogP contribution in [0.3, 0.4) is 0 Å². The van der Waals surface area contributed by atoms with E-state index in [-0.39, 0.29) is 17.5 Å². The molecule has 0 atom stereocenters. The zero-order valence-electron chi connectivity index (χ0n) is 6.12. The van der Waals surface area contributed by atoms with Crippen LogP contribution in [0, 0.1) is 0 Å². The van der Waals surface area contributed by atoms with Crippen LogP contribution in [-0.2, 0) is 9.84 Å². The van der Waals surface area contributed by atoms with E-state index >= 15 is 0 Å². The van der Waals surface area contributed by atoms with Crippen LogP contribution in [0.1, 0.15) is 0 Å². The van der Waals surface area contributed by atoms with Crippen molar-refractivity contribution in [2.45, 2.75) is 6.04 Å². The first-order valence-corrected chi connectivity index (χ1v) is 5.45. The molecule has 0 amide bonds. The lowest BCUT2D eigenvalue weighted by Crippen LogP contribution is -2.54. The third kappa shape index (κ3) is 2.30. The van der Waals surface area contributed by atoms with Crippen molar-refractivity contribution in [3.8, 4) is 0 Å². The summed E-state index contributed by atoms with van der Waals surface area (Å²) in [5, 5.41) is 6.08. The maximum absolute atomic E-state index is 10.7. The number of nitrogens with one attached hydrogen (secondary N) is 2. The first-order chi connectivity index (χ1) is 5.03. The highest BCUT2D eigenvalue weighted by Crippen LogP contribution is 2.09. The van der Waals surface area contributed by atoms with Crippen LogP contribution >= 0.6 is 12.2 Å². The summed E-state index contributed by atoms with van der Waals surface area (Å²) in [6.45, 7) is 0. The normalized spacial score (nSPS) is 21.9. The average Bonchev–Trinajstić information content (AvgIpc) is 1.83. The average molecular weight is 194 g/mol. The predicted octanol–water partition coefficient (Wildman–Crippen LogP) is -1.12. The van der Waals surface area contributed by atoms with Crippen LogP contribution in [0.25, 0.3) is 0 Å². The van der Waals surface area contributed by atoms with Gasteiger partial charge in [0.2, 0.25) is 0 Å². The molecule has 0 aromatic carbocycles. The van der Waals surface area contributed by atoms with Crippen LogP contribution in [0.15, 0.2) is 0 Å². The number of hydrogen-bond acceptors (Lipinski definition) is 3. The summed E-state index contributed by atoms with van der Waals surface area (Å²) in [6.07, 6.45) is 0. The Labute approximate surface area is 71.3 Å². The quantitative estimate of drug-likeness (QED) is 0.518. The fourth-order valence-corrected chi connectivity index (χ4v) is 2.37. The lowest BCUT2D eigenvalue weighted by Gasteiger charge is -2.27. The molecule has 11 heavy (non-hydrogen) atoms. The van der Waals surface area contributed by atoms with Gasteiger partial charge in [-0.15, -0.1) is 0 Å². The molecule has 1 aliphatic heterocycles. The summed E-state index contributed by atoms with van der Waals surface area (Å²) >= 11 is 4.79. The minimum absolute atomic E-state index is 0.0138. The fraction of sp³-hybridized carbons (Fsp3) is 0.800. The van der Waals surface area contributed by atoms with Gasteiger partial charge in [-0.3, -0.25) is 0 Å². The summed E-state index contributed by atoms with van der Waals surface area (Å²) in [5.41, 5.74) is 0. The van der Waals surface area contributed by atoms with Crippen molar-refractivity contribution in [1.82, 2.24) is 10.6 Å². The van der Waals surface area contributed by atoms with Crippen LogP contribution < -0.4 is 10.6 Å². The van der Waals surface area contributed by atoms with Gasteiger partial charge in [-0.25, -0.2) is 8.42 Å². The molecule has 0 saturated carbocycles. The second-order valence-corrected chi connectivity index (χ2v) is 5.06. The molecule has 1 rings (SSSR count). The van der Waals surface area contributed by atoms with Gasteiger partial charge in [0.25, 0.3) is 0 Å². The summed E-state index contributed by atoms with van der Waals surface area (Å²) in [7, 11) is -1.04. The molecule has 1 saturated heterocycles. The molecule has 2 N–H and O–H groups in total. The van der Waals surface area contributed by atoms with Gasteiger partial charge in [-0.2, -0.15) is 0 Å². The van der Waals surface area contributed by atoms with Gasteiger partial charge in [-0.05, 0) is 12.2 Å². The van der Waals surface area contributed by atoms with Gasteiger partial charge in [0.05, 0.1) is 17.5 Å². The first-order valence-electron chi connectivity index (χ1n) is 3.22. The van der Waals surface area contributed by atoms with E-state index in [0.717, 1.165) is 0 Å². The van der Waals surface area contributed by atoms with Crippen molar-refractivity contribution in [2.75, 3.05) is 18.6 Å². The van der Waals surface area contributed by atoms with Gasteiger partial charge in [0.1, 0.15) is 0 Å². The van der Waals surface area contributed by atoms with Gasteiger partial charge in [0.15, 0.2) is 14.9 Å². The van der Waals surface area contributed by atoms with Gasteiger partial charge in [0, 0.05) is 7.05 Å². The smallest absolute Gasteiger partial charge is 0.166 e. The number of rotatable bonds is 1. The van der Waals surface area contributed by atoms with Crippen molar-refractivity contribution in [2.24, 2.45) is 0 Å². The molecule has 1 fully saturated rings. The lowest BCUT2D eigenvalue weighted by molar-refractivity contribution is 0.550. The molecule has 0 aromatic rings. The molecule has 1 aliphatic rings. The monoisotopic (exact) mass is 194 g/mol. The Morgan fingerprint density at radius 2 is 2.09 bits per heavy atom. The van der Waals surface area contributed by atoms with Crippen molar-refractivity contribution >= 4 is 27.2 Å².